The molecule has 0 bridgehead atoms. The van der Waals surface area contributed by atoms with Crippen LogP contribution in [0.15, 0.2) is 30.3 Å². The summed E-state index contributed by atoms with van der Waals surface area (Å²) in [6, 6.07) is 10.4. The zero-order valence-electron chi connectivity index (χ0n) is 7.61. The van der Waals surface area contributed by atoms with Crippen molar-refractivity contribution in [2.24, 2.45) is 0 Å². The molecule has 0 saturated carbocycles. The number of hydrogen-bond donors (Lipinski definition) is 0. The van der Waals surface area contributed by atoms with E-state index in [0.29, 0.717) is 5.44 Å². The van der Waals surface area contributed by atoms with Crippen molar-refractivity contribution in [1.29, 1.82) is 0 Å². The molecule has 1 aromatic rings. The molecule has 0 N–H and O–H groups in total. The second-order valence-corrected chi connectivity index (χ2v) is 4.51. The summed E-state index contributed by atoms with van der Waals surface area (Å²) in [7, 11) is 0. The Morgan fingerprint density at radius 3 is 2.85 bits per heavy atom. The Morgan fingerprint density at radius 2 is 2.15 bits per heavy atom. The van der Waals surface area contributed by atoms with Gasteiger partial charge in [0.15, 0.2) is 0 Å². The lowest BCUT2D eigenvalue weighted by atomic mass is 10.2. The minimum atomic E-state index is 0.445. The van der Waals surface area contributed by atoms with E-state index in [1.165, 1.54) is 24.2 Å². The van der Waals surface area contributed by atoms with E-state index in [1.54, 1.807) is 0 Å². The molecule has 1 aliphatic rings. The van der Waals surface area contributed by atoms with Crippen LogP contribution in [0.1, 0.15) is 18.4 Å². The minimum absolute atomic E-state index is 0.445. The summed E-state index contributed by atoms with van der Waals surface area (Å²) in [5.41, 5.74) is 1.72. The normalized spacial score (nSPS) is 22.0. The monoisotopic (exact) mass is 194 g/mol. The van der Waals surface area contributed by atoms with Gasteiger partial charge in [0.1, 0.15) is 5.44 Å². The van der Waals surface area contributed by atoms with Gasteiger partial charge in [0.05, 0.1) is 6.61 Å². The average molecular weight is 194 g/mol. The molecule has 1 unspecified atom stereocenters. The largest absolute Gasteiger partial charge is 0.363 e. The van der Waals surface area contributed by atoms with Gasteiger partial charge in [0.2, 0.25) is 0 Å². The number of benzene rings is 1. The average Bonchev–Trinajstić information content (AvgIpc) is 2.69. The zero-order valence-corrected chi connectivity index (χ0v) is 8.43. The van der Waals surface area contributed by atoms with Gasteiger partial charge in [-0.1, -0.05) is 30.3 Å². The van der Waals surface area contributed by atoms with Gasteiger partial charge in [-0.2, -0.15) is 0 Å². The highest BCUT2D eigenvalue weighted by Gasteiger charge is 2.15. The first-order valence-electron chi connectivity index (χ1n) is 4.72. The van der Waals surface area contributed by atoms with Crippen molar-refractivity contribution >= 4 is 11.8 Å². The molecule has 2 rings (SSSR count). The molecule has 0 spiro atoms. The number of hydrogen-bond acceptors (Lipinski definition) is 2. The molecule has 1 heterocycles. The molecule has 0 aliphatic carbocycles. The Labute approximate surface area is 83.5 Å². The van der Waals surface area contributed by atoms with Crippen molar-refractivity contribution in [2.45, 2.75) is 24.9 Å². The maximum atomic E-state index is 5.75. The van der Waals surface area contributed by atoms with Crippen LogP contribution in [0.3, 0.4) is 0 Å². The van der Waals surface area contributed by atoms with Crippen molar-refractivity contribution in [1.82, 2.24) is 0 Å². The molecule has 1 fully saturated rings. The summed E-state index contributed by atoms with van der Waals surface area (Å²) in [6.45, 7) is 0.762. The maximum Gasteiger partial charge on any atom is 0.103 e. The predicted octanol–water partition coefficient (Wildman–Crippen LogP) is 3.06. The SMILES string of the molecule is c1ccc(COC2CCCS2)cc1. The first-order chi connectivity index (χ1) is 6.45. The Balaban J connectivity index is 1.79. The van der Waals surface area contributed by atoms with Crippen LogP contribution >= 0.6 is 11.8 Å². The molecule has 13 heavy (non-hydrogen) atoms. The molecule has 2 heteroatoms. The van der Waals surface area contributed by atoms with Crippen molar-refractivity contribution < 1.29 is 4.74 Å². The van der Waals surface area contributed by atoms with Crippen LogP contribution in [-0.2, 0) is 11.3 Å². The second-order valence-electron chi connectivity index (χ2n) is 3.24. The third-order valence-corrected chi connectivity index (χ3v) is 3.43. The van der Waals surface area contributed by atoms with Crippen molar-refractivity contribution in [3.05, 3.63) is 35.9 Å². The Morgan fingerprint density at radius 1 is 1.31 bits per heavy atom. The first-order valence-corrected chi connectivity index (χ1v) is 5.77. The topological polar surface area (TPSA) is 9.23 Å². The highest BCUT2D eigenvalue weighted by molar-refractivity contribution is 8.00. The molecule has 0 aromatic heterocycles. The minimum Gasteiger partial charge on any atom is -0.363 e. The molecule has 1 saturated heterocycles. The summed E-state index contributed by atoms with van der Waals surface area (Å²) < 4.78 is 5.75. The van der Waals surface area contributed by atoms with Gasteiger partial charge in [0, 0.05) is 0 Å². The molecular weight excluding hydrogens is 180 g/mol. The van der Waals surface area contributed by atoms with E-state index in [-0.39, 0.29) is 0 Å². The van der Waals surface area contributed by atoms with Crippen LogP contribution in [-0.4, -0.2) is 11.2 Å². The van der Waals surface area contributed by atoms with E-state index in [4.69, 9.17) is 4.74 Å². The van der Waals surface area contributed by atoms with E-state index in [1.807, 2.05) is 17.8 Å². The summed E-state index contributed by atoms with van der Waals surface area (Å²) in [5, 5.41) is 0. The van der Waals surface area contributed by atoms with Crippen LogP contribution in [0.4, 0.5) is 0 Å². The lowest BCUT2D eigenvalue weighted by Gasteiger charge is -2.09. The molecular formula is C11H14OS. The van der Waals surface area contributed by atoms with E-state index in [9.17, 15) is 0 Å². The summed E-state index contributed by atoms with van der Waals surface area (Å²) in [6.07, 6.45) is 2.53. The molecule has 1 atom stereocenters. The molecule has 0 radical (unpaired) electrons. The molecule has 1 aliphatic heterocycles. The predicted molar refractivity (Wildman–Crippen MR) is 56.7 cm³/mol. The smallest absolute Gasteiger partial charge is 0.103 e. The van der Waals surface area contributed by atoms with Crippen LogP contribution in [0.5, 0.6) is 0 Å². The summed E-state index contributed by atoms with van der Waals surface area (Å²) >= 11 is 1.94. The van der Waals surface area contributed by atoms with Gasteiger partial charge in [-0.3, -0.25) is 0 Å². The fraction of sp³-hybridized carbons (Fsp3) is 0.455. The van der Waals surface area contributed by atoms with Crippen molar-refractivity contribution in [3.8, 4) is 0 Å². The standard InChI is InChI=1S/C11H14OS/c1-2-5-10(6-3-1)9-12-11-7-4-8-13-11/h1-3,5-6,11H,4,7-9H2. The van der Waals surface area contributed by atoms with Crippen molar-refractivity contribution in [2.75, 3.05) is 5.75 Å². The van der Waals surface area contributed by atoms with E-state index >= 15 is 0 Å². The number of ether oxygens (including phenoxy) is 1. The Hall–Kier alpha value is -0.470. The highest BCUT2D eigenvalue weighted by Crippen LogP contribution is 2.27. The Kier molecular flexibility index (Phi) is 3.27. The van der Waals surface area contributed by atoms with E-state index in [2.05, 4.69) is 24.3 Å². The fourth-order valence-electron chi connectivity index (χ4n) is 1.44. The van der Waals surface area contributed by atoms with Gasteiger partial charge in [-0.25, -0.2) is 0 Å². The van der Waals surface area contributed by atoms with Crippen LogP contribution in [0.25, 0.3) is 0 Å². The highest BCUT2D eigenvalue weighted by atomic mass is 32.2. The quantitative estimate of drug-likeness (QED) is 0.731. The third-order valence-electron chi connectivity index (χ3n) is 2.17. The fourth-order valence-corrected chi connectivity index (χ4v) is 2.54. The van der Waals surface area contributed by atoms with Gasteiger partial charge >= 0.3 is 0 Å². The molecule has 1 nitrogen and oxygen atoms in total. The van der Waals surface area contributed by atoms with Crippen LogP contribution in [0, 0.1) is 0 Å². The number of thioether (sulfide) groups is 1. The molecule has 0 amide bonds. The first kappa shape index (κ1) is 9.10. The van der Waals surface area contributed by atoms with Crippen molar-refractivity contribution in [3.63, 3.8) is 0 Å². The van der Waals surface area contributed by atoms with Gasteiger partial charge in [-0.15, -0.1) is 11.8 Å². The zero-order chi connectivity index (χ0) is 8.93. The van der Waals surface area contributed by atoms with Crippen LogP contribution < -0.4 is 0 Å². The van der Waals surface area contributed by atoms with E-state index in [0.717, 1.165) is 6.61 Å². The maximum absolute atomic E-state index is 5.75. The Bertz CT molecular complexity index is 242. The van der Waals surface area contributed by atoms with Crippen LogP contribution in [0.2, 0.25) is 0 Å². The molecule has 70 valence electrons. The lowest BCUT2D eigenvalue weighted by molar-refractivity contribution is 0.0977. The van der Waals surface area contributed by atoms with Gasteiger partial charge in [-0.05, 0) is 24.2 Å². The third kappa shape index (κ3) is 2.75. The molecule has 1 aromatic carbocycles. The van der Waals surface area contributed by atoms with Gasteiger partial charge < -0.3 is 4.74 Å². The second kappa shape index (κ2) is 4.68. The summed E-state index contributed by atoms with van der Waals surface area (Å²) in [4.78, 5) is 0. The van der Waals surface area contributed by atoms with Gasteiger partial charge in [0.25, 0.3) is 0 Å². The lowest BCUT2D eigenvalue weighted by Crippen LogP contribution is -2.03. The van der Waals surface area contributed by atoms with E-state index < -0.39 is 0 Å². The number of rotatable bonds is 3. The summed E-state index contributed by atoms with van der Waals surface area (Å²) in [5.74, 6) is 1.26.